The van der Waals surface area contributed by atoms with Crippen LogP contribution in [-0.2, 0) is 0 Å². The van der Waals surface area contributed by atoms with Crippen LogP contribution in [0.5, 0.6) is 0 Å². The summed E-state index contributed by atoms with van der Waals surface area (Å²) in [5, 5.41) is 0. The Labute approximate surface area is 78.2 Å². The summed E-state index contributed by atoms with van der Waals surface area (Å²) in [5.74, 6) is 1.07. The summed E-state index contributed by atoms with van der Waals surface area (Å²) in [6, 6.07) is 0. The maximum absolute atomic E-state index is 4.28. The Morgan fingerprint density at radius 1 is 1.54 bits per heavy atom. The summed E-state index contributed by atoms with van der Waals surface area (Å²) >= 11 is 0. The molecule has 0 unspecified atom stereocenters. The van der Waals surface area contributed by atoms with E-state index in [1.54, 1.807) is 6.33 Å². The minimum Gasteiger partial charge on any atom is -0.353 e. The van der Waals surface area contributed by atoms with Gasteiger partial charge in [0.1, 0.15) is 6.33 Å². The molecule has 0 fully saturated rings. The average Bonchev–Trinajstić information content (AvgIpc) is 2.46. The molecule has 13 heavy (non-hydrogen) atoms. The molecule has 0 spiro atoms. The van der Waals surface area contributed by atoms with Gasteiger partial charge in [0.15, 0.2) is 5.82 Å². The summed E-state index contributed by atoms with van der Waals surface area (Å²) in [5.41, 5.74) is 1.14. The maximum atomic E-state index is 4.28. The highest BCUT2D eigenvalue weighted by molar-refractivity contribution is 5.70. The van der Waals surface area contributed by atoms with Gasteiger partial charge in [-0.2, -0.15) is 0 Å². The van der Waals surface area contributed by atoms with E-state index in [1.807, 2.05) is 6.20 Å². The molecular formula is C9H14N4. The standard InChI is InChI=1S/C9H14N4/c1-3-4-13-7-12(2)8-5-10-6-11-9(8)13/h5-6H,3-4,7H2,1-2H3. The van der Waals surface area contributed by atoms with Crippen LogP contribution in [-0.4, -0.2) is 30.2 Å². The normalized spacial score (nSPS) is 14.9. The first-order valence-corrected chi connectivity index (χ1v) is 4.59. The van der Waals surface area contributed by atoms with E-state index in [0.717, 1.165) is 31.1 Å². The van der Waals surface area contributed by atoms with E-state index in [2.05, 4.69) is 33.7 Å². The second kappa shape index (κ2) is 3.20. The SMILES string of the molecule is CCCN1CN(C)c2cncnc21. The molecule has 0 amide bonds. The van der Waals surface area contributed by atoms with Crippen molar-refractivity contribution < 1.29 is 0 Å². The fraction of sp³-hybridized carbons (Fsp3) is 0.556. The van der Waals surface area contributed by atoms with Crippen molar-refractivity contribution in [2.75, 3.05) is 30.1 Å². The molecular weight excluding hydrogens is 164 g/mol. The van der Waals surface area contributed by atoms with Gasteiger partial charge in [-0.25, -0.2) is 9.97 Å². The predicted molar refractivity (Wildman–Crippen MR) is 52.9 cm³/mol. The number of aromatic nitrogens is 2. The summed E-state index contributed by atoms with van der Waals surface area (Å²) in [4.78, 5) is 12.8. The minimum absolute atomic E-state index is 0.932. The molecule has 0 atom stereocenters. The number of nitrogens with zero attached hydrogens (tertiary/aromatic N) is 4. The van der Waals surface area contributed by atoms with Gasteiger partial charge in [0.2, 0.25) is 0 Å². The molecule has 0 aromatic carbocycles. The molecule has 2 heterocycles. The highest BCUT2D eigenvalue weighted by Gasteiger charge is 2.23. The van der Waals surface area contributed by atoms with Gasteiger partial charge in [-0.1, -0.05) is 6.92 Å². The third kappa shape index (κ3) is 1.32. The number of rotatable bonds is 2. The molecule has 1 aromatic heterocycles. The van der Waals surface area contributed by atoms with Crippen molar-refractivity contribution >= 4 is 11.5 Å². The summed E-state index contributed by atoms with van der Waals surface area (Å²) in [6.07, 6.45) is 4.63. The molecule has 1 aromatic rings. The predicted octanol–water partition coefficient (Wildman–Crippen LogP) is 1.10. The van der Waals surface area contributed by atoms with Gasteiger partial charge in [-0.3, -0.25) is 0 Å². The molecule has 70 valence electrons. The monoisotopic (exact) mass is 178 g/mol. The number of hydrogen-bond acceptors (Lipinski definition) is 4. The van der Waals surface area contributed by atoms with Crippen LogP contribution >= 0.6 is 0 Å². The number of fused-ring (bicyclic) bond motifs is 1. The lowest BCUT2D eigenvalue weighted by Crippen LogP contribution is -2.28. The maximum Gasteiger partial charge on any atom is 0.157 e. The van der Waals surface area contributed by atoms with E-state index >= 15 is 0 Å². The summed E-state index contributed by atoms with van der Waals surface area (Å²) < 4.78 is 0. The summed E-state index contributed by atoms with van der Waals surface area (Å²) in [7, 11) is 2.07. The number of anilines is 2. The molecule has 0 saturated carbocycles. The van der Waals surface area contributed by atoms with Gasteiger partial charge in [0, 0.05) is 13.6 Å². The van der Waals surface area contributed by atoms with E-state index in [-0.39, 0.29) is 0 Å². The molecule has 0 saturated heterocycles. The lowest BCUT2D eigenvalue weighted by Gasteiger charge is -2.16. The van der Waals surface area contributed by atoms with Crippen LogP contribution in [0.3, 0.4) is 0 Å². The molecule has 1 aliphatic heterocycles. The van der Waals surface area contributed by atoms with E-state index in [1.165, 1.54) is 0 Å². The zero-order chi connectivity index (χ0) is 9.26. The Hall–Kier alpha value is -1.32. The Morgan fingerprint density at radius 3 is 3.15 bits per heavy atom. The van der Waals surface area contributed by atoms with E-state index in [0.29, 0.717) is 0 Å². The zero-order valence-corrected chi connectivity index (χ0v) is 8.06. The van der Waals surface area contributed by atoms with Gasteiger partial charge < -0.3 is 9.80 Å². The third-order valence-corrected chi connectivity index (χ3v) is 2.26. The molecule has 4 heteroatoms. The van der Waals surface area contributed by atoms with Crippen molar-refractivity contribution in [1.82, 2.24) is 9.97 Å². The molecule has 0 N–H and O–H groups in total. The topological polar surface area (TPSA) is 32.3 Å². The lowest BCUT2D eigenvalue weighted by atomic mass is 10.4. The van der Waals surface area contributed by atoms with Crippen molar-refractivity contribution in [2.24, 2.45) is 0 Å². The van der Waals surface area contributed by atoms with Crippen LogP contribution in [0.2, 0.25) is 0 Å². The molecule has 2 rings (SSSR count). The first-order chi connectivity index (χ1) is 6.33. The molecule has 0 bridgehead atoms. The Morgan fingerprint density at radius 2 is 2.38 bits per heavy atom. The lowest BCUT2D eigenvalue weighted by molar-refractivity contribution is 0.776. The van der Waals surface area contributed by atoms with Gasteiger partial charge >= 0.3 is 0 Å². The number of hydrogen-bond donors (Lipinski definition) is 0. The Bertz CT molecular complexity index is 299. The van der Waals surface area contributed by atoms with Gasteiger partial charge in [-0.15, -0.1) is 0 Å². The smallest absolute Gasteiger partial charge is 0.157 e. The first kappa shape index (κ1) is 8.29. The van der Waals surface area contributed by atoms with Gasteiger partial charge in [0.05, 0.1) is 18.6 Å². The van der Waals surface area contributed by atoms with Crippen molar-refractivity contribution in [2.45, 2.75) is 13.3 Å². The van der Waals surface area contributed by atoms with Gasteiger partial charge in [0.25, 0.3) is 0 Å². The average molecular weight is 178 g/mol. The van der Waals surface area contributed by atoms with E-state index < -0.39 is 0 Å². The minimum atomic E-state index is 0.932. The third-order valence-electron chi connectivity index (χ3n) is 2.26. The molecule has 0 radical (unpaired) electrons. The fourth-order valence-corrected chi connectivity index (χ4v) is 1.67. The van der Waals surface area contributed by atoms with Crippen LogP contribution < -0.4 is 9.80 Å². The van der Waals surface area contributed by atoms with Gasteiger partial charge in [-0.05, 0) is 6.42 Å². The Kier molecular flexibility index (Phi) is 2.04. The van der Waals surface area contributed by atoms with Crippen molar-refractivity contribution in [3.63, 3.8) is 0 Å². The second-order valence-corrected chi connectivity index (χ2v) is 3.33. The highest BCUT2D eigenvalue weighted by Crippen LogP contribution is 2.30. The highest BCUT2D eigenvalue weighted by atomic mass is 15.4. The van der Waals surface area contributed by atoms with Crippen molar-refractivity contribution in [3.8, 4) is 0 Å². The van der Waals surface area contributed by atoms with Crippen LogP contribution in [0, 0.1) is 0 Å². The van der Waals surface area contributed by atoms with Crippen molar-refractivity contribution in [1.29, 1.82) is 0 Å². The Balaban J connectivity index is 2.30. The zero-order valence-electron chi connectivity index (χ0n) is 8.06. The largest absolute Gasteiger partial charge is 0.353 e. The molecule has 0 aliphatic carbocycles. The van der Waals surface area contributed by atoms with E-state index in [4.69, 9.17) is 0 Å². The first-order valence-electron chi connectivity index (χ1n) is 4.59. The molecule has 4 nitrogen and oxygen atoms in total. The fourth-order valence-electron chi connectivity index (χ4n) is 1.67. The summed E-state index contributed by atoms with van der Waals surface area (Å²) in [6.45, 7) is 4.18. The second-order valence-electron chi connectivity index (χ2n) is 3.33. The van der Waals surface area contributed by atoms with Crippen LogP contribution in [0.1, 0.15) is 13.3 Å². The van der Waals surface area contributed by atoms with Crippen molar-refractivity contribution in [3.05, 3.63) is 12.5 Å². The van der Waals surface area contributed by atoms with Crippen LogP contribution in [0.25, 0.3) is 0 Å². The van der Waals surface area contributed by atoms with Crippen LogP contribution in [0.4, 0.5) is 11.5 Å². The molecule has 1 aliphatic rings. The quantitative estimate of drug-likeness (QED) is 0.679. The van der Waals surface area contributed by atoms with Crippen LogP contribution in [0.15, 0.2) is 12.5 Å². The van der Waals surface area contributed by atoms with E-state index in [9.17, 15) is 0 Å².